The van der Waals surface area contributed by atoms with Crippen molar-refractivity contribution in [2.45, 2.75) is 46.1 Å². The summed E-state index contributed by atoms with van der Waals surface area (Å²) in [5, 5.41) is 6.00. The first-order chi connectivity index (χ1) is 12.1. The second-order valence-electron chi connectivity index (χ2n) is 6.05. The van der Waals surface area contributed by atoms with Crippen molar-refractivity contribution in [3.63, 3.8) is 0 Å². The highest BCUT2D eigenvalue weighted by molar-refractivity contribution is 6.04. The lowest BCUT2D eigenvalue weighted by atomic mass is 10.2. The maximum Gasteiger partial charge on any atom is 0.258 e. The number of anilines is 2. The van der Waals surface area contributed by atoms with Gasteiger partial charge in [-0.2, -0.15) is 0 Å². The highest BCUT2D eigenvalue weighted by atomic mass is 16.5. The van der Waals surface area contributed by atoms with Crippen LogP contribution in [0.25, 0.3) is 0 Å². The van der Waals surface area contributed by atoms with E-state index in [2.05, 4.69) is 27.5 Å². The molecule has 1 aromatic heterocycles. The van der Waals surface area contributed by atoms with Gasteiger partial charge in [-0.3, -0.25) is 4.79 Å². The number of benzene rings is 1. The number of carbonyl (C=O) groups excluding carboxylic acids is 1. The summed E-state index contributed by atoms with van der Waals surface area (Å²) in [4.78, 5) is 20.8. The van der Waals surface area contributed by atoms with Gasteiger partial charge in [0.05, 0.1) is 17.4 Å². The molecule has 0 fully saturated rings. The van der Waals surface area contributed by atoms with E-state index in [-0.39, 0.29) is 12.0 Å². The highest BCUT2D eigenvalue weighted by Gasteiger charge is 2.11. The molecule has 0 atom stereocenters. The predicted molar refractivity (Wildman–Crippen MR) is 100 cm³/mol. The number of aromatic nitrogens is 2. The quantitative estimate of drug-likeness (QED) is 0.671. The monoisotopic (exact) mass is 342 g/mol. The number of rotatable bonds is 9. The van der Waals surface area contributed by atoms with Crippen LogP contribution < -0.4 is 15.4 Å². The summed E-state index contributed by atoms with van der Waals surface area (Å²) in [6, 6.07) is 7.35. The molecule has 6 heteroatoms. The molecule has 0 spiro atoms. The molecule has 0 aliphatic heterocycles. The number of nitrogens with zero attached hydrogens (tertiary/aromatic N) is 2. The summed E-state index contributed by atoms with van der Waals surface area (Å²) in [6.45, 7) is 6.88. The van der Waals surface area contributed by atoms with Crippen molar-refractivity contribution in [2.75, 3.05) is 17.2 Å². The number of unbranched alkanes of at least 4 members (excludes halogenated alkanes) is 2. The van der Waals surface area contributed by atoms with Crippen LogP contribution in [0.5, 0.6) is 5.75 Å². The molecule has 25 heavy (non-hydrogen) atoms. The minimum absolute atomic E-state index is 0.0273. The average Bonchev–Trinajstić information content (AvgIpc) is 2.60. The van der Waals surface area contributed by atoms with Gasteiger partial charge in [0.25, 0.3) is 5.91 Å². The minimum atomic E-state index is -0.266. The van der Waals surface area contributed by atoms with Gasteiger partial charge in [0, 0.05) is 18.9 Å². The lowest BCUT2D eigenvalue weighted by Crippen LogP contribution is -2.15. The largest absolute Gasteiger partial charge is 0.489 e. The first-order valence-electron chi connectivity index (χ1n) is 8.73. The zero-order chi connectivity index (χ0) is 18.1. The molecule has 2 aromatic rings. The van der Waals surface area contributed by atoms with Gasteiger partial charge in [0.2, 0.25) is 5.95 Å². The summed E-state index contributed by atoms with van der Waals surface area (Å²) >= 11 is 0. The summed E-state index contributed by atoms with van der Waals surface area (Å²) in [5.41, 5.74) is 1.03. The SMILES string of the molecule is CCCCCNc1ncc(C(=O)Nc2ccccc2OC(C)C)cn1. The van der Waals surface area contributed by atoms with Gasteiger partial charge in [-0.05, 0) is 32.4 Å². The Balaban J connectivity index is 1.97. The van der Waals surface area contributed by atoms with Gasteiger partial charge in [-0.25, -0.2) is 9.97 Å². The Labute approximate surface area is 149 Å². The fourth-order valence-electron chi connectivity index (χ4n) is 2.23. The van der Waals surface area contributed by atoms with E-state index in [0.29, 0.717) is 22.9 Å². The van der Waals surface area contributed by atoms with Crippen molar-refractivity contribution in [2.24, 2.45) is 0 Å². The normalized spacial score (nSPS) is 10.6. The molecule has 1 aromatic carbocycles. The number of ether oxygens (including phenoxy) is 1. The maximum absolute atomic E-state index is 12.4. The van der Waals surface area contributed by atoms with Crippen LogP contribution in [-0.2, 0) is 0 Å². The third-order valence-electron chi connectivity index (χ3n) is 3.48. The van der Waals surface area contributed by atoms with E-state index in [9.17, 15) is 4.79 Å². The van der Waals surface area contributed by atoms with Crippen molar-refractivity contribution in [1.29, 1.82) is 0 Å². The minimum Gasteiger partial charge on any atom is -0.489 e. The van der Waals surface area contributed by atoms with Crippen LogP contribution in [0.2, 0.25) is 0 Å². The molecule has 0 radical (unpaired) electrons. The number of hydrogen-bond acceptors (Lipinski definition) is 5. The van der Waals surface area contributed by atoms with Crippen molar-refractivity contribution < 1.29 is 9.53 Å². The molecule has 0 aliphatic carbocycles. The zero-order valence-corrected chi connectivity index (χ0v) is 15.1. The Bertz CT molecular complexity index is 671. The Morgan fingerprint density at radius 1 is 1.16 bits per heavy atom. The molecule has 0 bridgehead atoms. The van der Waals surface area contributed by atoms with Crippen molar-refractivity contribution in [3.8, 4) is 5.75 Å². The van der Waals surface area contributed by atoms with Gasteiger partial charge in [-0.15, -0.1) is 0 Å². The van der Waals surface area contributed by atoms with Crippen molar-refractivity contribution in [1.82, 2.24) is 9.97 Å². The van der Waals surface area contributed by atoms with E-state index in [1.54, 1.807) is 6.07 Å². The van der Waals surface area contributed by atoms with Crippen LogP contribution in [0.15, 0.2) is 36.7 Å². The molecule has 1 heterocycles. The number of carbonyl (C=O) groups is 1. The highest BCUT2D eigenvalue weighted by Crippen LogP contribution is 2.25. The molecule has 0 saturated carbocycles. The van der Waals surface area contributed by atoms with Crippen LogP contribution in [0.3, 0.4) is 0 Å². The fraction of sp³-hybridized carbons (Fsp3) is 0.421. The standard InChI is InChI=1S/C19H26N4O2/c1-4-5-8-11-20-19-21-12-15(13-22-19)18(24)23-16-9-6-7-10-17(16)25-14(2)3/h6-7,9-10,12-14H,4-5,8,11H2,1-3H3,(H,23,24)(H,20,21,22). The van der Waals surface area contributed by atoms with Crippen LogP contribution in [0, 0.1) is 0 Å². The second kappa shape index (κ2) is 9.61. The Hall–Kier alpha value is -2.63. The topological polar surface area (TPSA) is 76.1 Å². The van der Waals surface area contributed by atoms with Gasteiger partial charge in [-0.1, -0.05) is 31.9 Å². The molecule has 134 valence electrons. The van der Waals surface area contributed by atoms with E-state index >= 15 is 0 Å². The van der Waals surface area contributed by atoms with Gasteiger partial charge < -0.3 is 15.4 Å². The lowest BCUT2D eigenvalue weighted by molar-refractivity contribution is 0.102. The van der Waals surface area contributed by atoms with Crippen LogP contribution >= 0.6 is 0 Å². The molecule has 2 N–H and O–H groups in total. The molecular formula is C19H26N4O2. The Morgan fingerprint density at radius 2 is 1.88 bits per heavy atom. The van der Waals surface area contributed by atoms with E-state index in [0.717, 1.165) is 13.0 Å². The van der Waals surface area contributed by atoms with Gasteiger partial charge in [0.1, 0.15) is 5.75 Å². The molecule has 0 saturated heterocycles. The van der Waals surface area contributed by atoms with E-state index in [4.69, 9.17) is 4.74 Å². The molecular weight excluding hydrogens is 316 g/mol. The first kappa shape index (κ1) is 18.7. The summed E-state index contributed by atoms with van der Waals surface area (Å²) < 4.78 is 5.71. The molecule has 0 unspecified atom stereocenters. The van der Waals surface area contributed by atoms with E-state index in [1.165, 1.54) is 25.2 Å². The van der Waals surface area contributed by atoms with E-state index < -0.39 is 0 Å². The number of nitrogens with one attached hydrogen (secondary N) is 2. The van der Waals surface area contributed by atoms with Gasteiger partial charge >= 0.3 is 0 Å². The Morgan fingerprint density at radius 3 is 2.56 bits per heavy atom. The van der Waals surface area contributed by atoms with E-state index in [1.807, 2.05) is 32.0 Å². The summed E-state index contributed by atoms with van der Waals surface area (Å²) in [6.07, 6.45) is 6.50. The molecule has 6 nitrogen and oxygen atoms in total. The molecule has 0 aliphatic rings. The molecule has 1 amide bonds. The third-order valence-corrected chi connectivity index (χ3v) is 3.48. The summed E-state index contributed by atoms with van der Waals surface area (Å²) in [7, 11) is 0. The average molecular weight is 342 g/mol. The first-order valence-corrected chi connectivity index (χ1v) is 8.73. The number of para-hydroxylation sites is 2. The lowest BCUT2D eigenvalue weighted by Gasteiger charge is -2.14. The number of amides is 1. The fourth-order valence-corrected chi connectivity index (χ4v) is 2.23. The van der Waals surface area contributed by atoms with Crippen molar-refractivity contribution in [3.05, 3.63) is 42.2 Å². The van der Waals surface area contributed by atoms with Gasteiger partial charge in [0.15, 0.2) is 0 Å². The number of hydrogen-bond donors (Lipinski definition) is 2. The predicted octanol–water partition coefficient (Wildman–Crippen LogP) is 4.12. The maximum atomic E-state index is 12.4. The smallest absolute Gasteiger partial charge is 0.258 e. The zero-order valence-electron chi connectivity index (χ0n) is 15.1. The third kappa shape index (κ3) is 6.06. The molecule has 2 rings (SSSR count). The Kier molecular flexibility index (Phi) is 7.19. The van der Waals surface area contributed by atoms with Crippen LogP contribution in [0.4, 0.5) is 11.6 Å². The summed E-state index contributed by atoms with van der Waals surface area (Å²) in [5.74, 6) is 0.912. The van der Waals surface area contributed by atoms with Crippen LogP contribution in [0.1, 0.15) is 50.4 Å². The van der Waals surface area contributed by atoms with Crippen LogP contribution in [-0.4, -0.2) is 28.5 Å². The van der Waals surface area contributed by atoms with Crippen molar-refractivity contribution >= 4 is 17.5 Å². The second-order valence-corrected chi connectivity index (χ2v) is 6.05.